The zero-order valence-electron chi connectivity index (χ0n) is 11.5. The van der Waals surface area contributed by atoms with Crippen LogP contribution in [0.15, 0.2) is 42.5 Å². The molecule has 0 saturated heterocycles. The maximum Gasteiger partial charge on any atom is 0.236 e. The number of nitrogen functional groups attached to an aromatic ring is 1. The highest BCUT2D eigenvalue weighted by Gasteiger charge is 2.15. The third kappa shape index (κ3) is 3.74. The molecule has 6 heteroatoms. The molecule has 0 unspecified atom stereocenters. The monoisotopic (exact) mass is 301 g/mol. The average Bonchev–Trinajstić information content (AvgIpc) is 2.42. The first kappa shape index (κ1) is 14.9. The number of hydrogen-bond donors (Lipinski definition) is 2. The number of aryl methyl sites for hydroxylation is 1. The molecule has 0 aliphatic carbocycles. The molecule has 2 aromatic carbocycles. The van der Waals surface area contributed by atoms with Crippen LogP contribution in [0.2, 0.25) is 0 Å². The highest BCUT2D eigenvalue weighted by atomic mass is 32.2. The molecule has 5 nitrogen and oxygen atoms in total. The van der Waals surface area contributed by atoms with Crippen LogP contribution in [-0.4, -0.2) is 8.42 Å². The highest BCUT2D eigenvalue weighted by molar-refractivity contribution is 7.91. The Morgan fingerprint density at radius 1 is 1.24 bits per heavy atom. The molecule has 2 aromatic rings. The molecule has 108 valence electrons. The Bertz CT molecular complexity index is 808. The van der Waals surface area contributed by atoms with Gasteiger partial charge in [-0.15, -0.1) is 0 Å². The second-order valence-corrected chi connectivity index (χ2v) is 6.43. The van der Waals surface area contributed by atoms with E-state index < -0.39 is 10.0 Å². The van der Waals surface area contributed by atoms with E-state index in [1.165, 1.54) is 0 Å². The molecule has 0 aliphatic heterocycles. The van der Waals surface area contributed by atoms with Gasteiger partial charge in [-0.3, -0.25) is 4.72 Å². The van der Waals surface area contributed by atoms with Crippen LogP contribution in [0.3, 0.4) is 0 Å². The predicted molar refractivity (Wildman–Crippen MR) is 83.0 cm³/mol. The Labute approximate surface area is 124 Å². The molecule has 0 saturated carbocycles. The number of rotatable bonds is 4. The van der Waals surface area contributed by atoms with Gasteiger partial charge in [-0.05, 0) is 42.3 Å². The summed E-state index contributed by atoms with van der Waals surface area (Å²) in [4.78, 5) is 0. The van der Waals surface area contributed by atoms with Crippen molar-refractivity contribution in [3.05, 3.63) is 59.2 Å². The Morgan fingerprint density at radius 2 is 1.95 bits per heavy atom. The third-order valence-corrected chi connectivity index (χ3v) is 4.22. The number of sulfonamides is 1. The fourth-order valence-electron chi connectivity index (χ4n) is 1.96. The van der Waals surface area contributed by atoms with Gasteiger partial charge in [-0.1, -0.05) is 18.2 Å². The number of nitriles is 1. The van der Waals surface area contributed by atoms with Gasteiger partial charge in [0.05, 0.1) is 23.1 Å². The Balaban J connectivity index is 2.25. The van der Waals surface area contributed by atoms with Gasteiger partial charge in [0.2, 0.25) is 10.0 Å². The number of nitrogens with zero attached hydrogens (tertiary/aromatic N) is 1. The molecule has 0 aliphatic rings. The Morgan fingerprint density at radius 3 is 2.62 bits per heavy atom. The van der Waals surface area contributed by atoms with Crippen LogP contribution in [0, 0.1) is 18.3 Å². The topological polar surface area (TPSA) is 96.0 Å². The summed E-state index contributed by atoms with van der Waals surface area (Å²) < 4.78 is 27.0. The second kappa shape index (κ2) is 5.85. The smallest absolute Gasteiger partial charge is 0.236 e. The lowest BCUT2D eigenvalue weighted by Gasteiger charge is -2.11. The van der Waals surface area contributed by atoms with Crippen molar-refractivity contribution in [3.63, 3.8) is 0 Å². The molecule has 0 amide bonds. The van der Waals surface area contributed by atoms with E-state index in [4.69, 9.17) is 11.0 Å². The van der Waals surface area contributed by atoms with Crippen LogP contribution in [0.5, 0.6) is 0 Å². The maximum absolute atomic E-state index is 12.2. The summed E-state index contributed by atoms with van der Waals surface area (Å²) in [5.74, 6) is -0.249. The van der Waals surface area contributed by atoms with E-state index in [1.807, 2.05) is 6.07 Å². The van der Waals surface area contributed by atoms with Crippen molar-refractivity contribution in [1.29, 1.82) is 5.26 Å². The lowest BCUT2D eigenvalue weighted by Crippen LogP contribution is -2.16. The summed E-state index contributed by atoms with van der Waals surface area (Å²) in [5, 5.41) is 9.00. The van der Waals surface area contributed by atoms with Crippen molar-refractivity contribution in [2.75, 3.05) is 10.5 Å². The molecule has 0 atom stereocenters. The molecular weight excluding hydrogens is 286 g/mol. The Hall–Kier alpha value is -2.52. The quantitative estimate of drug-likeness (QED) is 0.847. The fraction of sp³-hybridized carbons (Fsp3) is 0.133. The van der Waals surface area contributed by atoms with Gasteiger partial charge in [-0.25, -0.2) is 8.42 Å². The van der Waals surface area contributed by atoms with Gasteiger partial charge >= 0.3 is 0 Å². The van der Waals surface area contributed by atoms with Gasteiger partial charge in [-0.2, -0.15) is 5.26 Å². The van der Waals surface area contributed by atoms with Crippen molar-refractivity contribution in [2.45, 2.75) is 12.7 Å². The van der Waals surface area contributed by atoms with E-state index in [9.17, 15) is 8.42 Å². The normalized spacial score (nSPS) is 10.9. The molecule has 0 spiro atoms. The summed E-state index contributed by atoms with van der Waals surface area (Å²) in [6.07, 6.45) is 0. The molecule has 0 radical (unpaired) electrons. The van der Waals surface area contributed by atoms with Crippen LogP contribution in [0.25, 0.3) is 0 Å². The summed E-state index contributed by atoms with van der Waals surface area (Å²) in [7, 11) is -3.60. The molecule has 3 N–H and O–H groups in total. The van der Waals surface area contributed by atoms with Crippen molar-refractivity contribution in [2.24, 2.45) is 0 Å². The minimum absolute atomic E-state index is 0.249. The number of anilines is 2. The largest absolute Gasteiger partial charge is 0.399 e. The molecule has 0 aromatic heterocycles. The van der Waals surface area contributed by atoms with E-state index in [0.29, 0.717) is 22.5 Å². The zero-order valence-corrected chi connectivity index (χ0v) is 12.3. The van der Waals surface area contributed by atoms with Gasteiger partial charge < -0.3 is 5.73 Å². The van der Waals surface area contributed by atoms with Gasteiger partial charge in [0.25, 0.3) is 0 Å². The highest BCUT2D eigenvalue weighted by Crippen LogP contribution is 2.20. The van der Waals surface area contributed by atoms with E-state index in [2.05, 4.69) is 4.72 Å². The summed E-state index contributed by atoms with van der Waals surface area (Å²) in [6, 6.07) is 13.6. The molecule has 0 bridgehead atoms. The van der Waals surface area contributed by atoms with E-state index in [0.717, 1.165) is 5.56 Å². The molecule has 0 heterocycles. The average molecular weight is 301 g/mol. The SMILES string of the molecule is Cc1cc(N)ccc1NS(=O)(=O)Cc1ccccc1C#N. The van der Waals surface area contributed by atoms with E-state index >= 15 is 0 Å². The molecule has 2 rings (SSSR count). The van der Waals surface area contributed by atoms with E-state index in [-0.39, 0.29) is 5.75 Å². The number of nitrogens with two attached hydrogens (primary N) is 1. The second-order valence-electron chi connectivity index (χ2n) is 4.70. The fourth-order valence-corrected chi connectivity index (χ4v) is 3.26. The first-order valence-electron chi connectivity index (χ1n) is 6.26. The van der Waals surface area contributed by atoms with Gasteiger partial charge in [0.1, 0.15) is 0 Å². The molecular formula is C15H15N3O2S. The van der Waals surface area contributed by atoms with Crippen molar-refractivity contribution in [3.8, 4) is 6.07 Å². The van der Waals surface area contributed by atoms with Crippen LogP contribution < -0.4 is 10.5 Å². The Kier molecular flexibility index (Phi) is 4.15. The van der Waals surface area contributed by atoms with Crippen LogP contribution in [0.4, 0.5) is 11.4 Å². The summed E-state index contributed by atoms with van der Waals surface area (Å²) in [6.45, 7) is 1.78. The van der Waals surface area contributed by atoms with Crippen molar-refractivity contribution >= 4 is 21.4 Å². The van der Waals surface area contributed by atoms with Crippen molar-refractivity contribution in [1.82, 2.24) is 0 Å². The number of hydrogen-bond acceptors (Lipinski definition) is 4. The lowest BCUT2D eigenvalue weighted by molar-refractivity contribution is 0.600. The summed E-state index contributed by atoms with van der Waals surface area (Å²) in [5.41, 5.74) is 8.27. The van der Waals surface area contributed by atoms with Gasteiger partial charge in [0, 0.05) is 5.69 Å². The van der Waals surface area contributed by atoms with Gasteiger partial charge in [0.15, 0.2) is 0 Å². The van der Waals surface area contributed by atoms with Crippen molar-refractivity contribution < 1.29 is 8.42 Å². The van der Waals surface area contributed by atoms with Crippen LogP contribution >= 0.6 is 0 Å². The first-order chi connectivity index (χ1) is 9.91. The number of nitrogens with one attached hydrogen (secondary N) is 1. The van der Waals surface area contributed by atoms with Crippen LogP contribution in [0.1, 0.15) is 16.7 Å². The minimum Gasteiger partial charge on any atom is -0.399 e. The number of benzene rings is 2. The van der Waals surface area contributed by atoms with Crippen LogP contribution in [-0.2, 0) is 15.8 Å². The summed E-state index contributed by atoms with van der Waals surface area (Å²) >= 11 is 0. The molecule has 21 heavy (non-hydrogen) atoms. The zero-order chi connectivity index (χ0) is 15.5. The first-order valence-corrected chi connectivity index (χ1v) is 7.91. The third-order valence-electron chi connectivity index (χ3n) is 3.00. The standard InChI is InChI=1S/C15H15N3O2S/c1-11-8-14(17)6-7-15(11)18-21(19,20)10-13-5-3-2-4-12(13)9-16/h2-8,18H,10,17H2,1H3. The maximum atomic E-state index is 12.2. The predicted octanol–water partition coefficient (Wildman–Crippen LogP) is 2.39. The van der Waals surface area contributed by atoms with E-state index in [1.54, 1.807) is 49.4 Å². The minimum atomic E-state index is -3.60. The molecule has 0 fully saturated rings. The lowest BCUT2D eigenvalue weighted by atomic mass is 10.1.